The molecule has 13 nitrogen and oxygen atoms in total. The van der Waals surface area contributed by atoms with Gasteiger partial charge in [0.2, 0.25) is 23.6 Å². The van der Waals surface area contributed by atoms with Gasteiger partial charge < -0.3 is 35.6 Å². The monoisotopic (exact) mass is 693 g/mol. The van der Waals surface area contributed by atoms with Crippen molar-refractivity contribution in [2.45, 2.75) is 108 Å². The number of amides is 5. The van der Waals surface area contributed by atoms with Gasteiger partial charge in [0.25, 0.3) is 0 Å². The van der Waals surface area contributed by atoms with Gasteiger partial charge in [-0.2, -0.15) is 0 Å². The molecule has 0 aromatic heterocycles. The maximum atomic E-state index is 14.3. The van der Waals surface area contributed by atoms with Crippen LogP contribution in [0.4, 0.5) is 4.79 Å². The van der Waals surface area contributed by atoms with Crippen LogP contribution in [0.1, 0.15) is 83.6 Å². The number of carboxylic acids is 1. The minimum atomic E-state index is -1.53. The van der Waals surface area contributed by atoms with E-state index in [1.54, 1.807) is 18.7 Å². The molecular weight excluding hydrogens is 642 g/mol. The molecule has 2 aliphatic carbocycles. The van der Waals surface area contributed by atoms with Crippen LogP contribution < -0.4 is 16.0 Å². The molecule has 272 valence electrons. The molecule has 0 radical (unpaired) electrons. The fourth-order valence-electron chi connectivity index (χ4n) is 7.85. The van der Waals surface area contributed by atoms with Gasteiger partial charge in [-0.1, -0.05) is 69.5 Å². The smallest absolute Gasteiger partial charge is 0.410 e. The van der Waals surface area contributed by atoms with E-state index in [1.807, 2.05) is 30.3 Å². The Bertz CT molecular complexity index is 1460. The first kappa shape index (κ1) is 36.9. The third kappa shape index (κ3) is 8.13. The summed E-state index contributed by atoms with van der Waals surface area (Å²) < 4.78 is 5.90. The Morgan fingerprint density at radius 1 is 1.00 bits per heavy atom. The summed E-state index contributed by atoms with van der Waals surface area (Å²) in [7, 11) is 0. The van der Waals surface area contributed by atoms with Crippen molar-refractivity contribution in [3.8, 4) is 0 Å². The minimum absolute atomic E-state index is 0.0386. The van der Waals surface area contributed by atoms with Crippen molar-refractivity contribution in [3.05, 3.63) is 48.6 Å². The summed E-state index contributed by atoms with van der Waals surface area (Å²) in [6.07, 6.45) is 5.51. The predicted molar refractivity (Wildman–Crippen MR) is 184 cm³/mol. The Hall–Kier alpha value is -4.42. The van der Waals surface area contributed by atoms with E-state index in [4.69, 9.17) is 4.74 Å². The number of nitrogens with zero attached hydrogens (tertiary/aromatic N) is 2. The second-order valence-corrected chi connectivity index (χ2v) is 14.7. The average molecular weight is 694 g/mol. The zero-order valence-corrected chi connectivity index (χ0v) is 29.3. The van der Waals surface area contributed by atoms with Gasteiger partial charge in [0.05, 0.1) is 6.54 Å². The summed E-state index contributed by atoms with van der Waals surface area (Å²) in [5.74, 6) is -4.02. The maximum absolute atomic E-state index is 14.3. The van der Waals surface area contributed by atoms with E-state index >= 15 is 0 Å². The normalized spacial score (nSPS) is 27.6. The Morgan fingerprint density at radius 3 is 2.30 bits per heavy atom. The van der Waals surface area contributed by atoms with Gasteiger partial charge in [-0.05, 0) is 43.1 Å². The number of hydrogen-bond donors (Lipinski definition) is 4. The highest BCUT2D eigenvalue weighted by atomic mass is 16.6. The van der Waals surface area contributed by atoms with Crippen molar-refractivity contribution in [3.63, 3.8) is 0 Å². The molecule has 50 heavy (non-hydrogen) atoms. The molecule has 5 rings (SSSR count). The van der Waals surface area contributed by atoms with Gasteiger partial charge in [-0.3, -0.25) is 19.2 Å². The quantitative estimate of drug-likeness (QED) is 0.242. The summed E-state index contributed by atoms with van der Waals surface area (Å²) in [5, 5.41) is 18.3. The summed E-state index contributed by atoms with van der Waals surface area (Å²) in [6, 6.07) is 6.89. The van der Waals surface area contributed by atoms with Crippen LogP contribution in [0.25, 0.3) is 0 Å². The summed E-state index contributed by atoms with van der Waals surface area (Å²) in [4.78, 5) is 82.5. The van der Waals surface area contributed by atoms with E-state index in [0.29, 0.717) is 13.1 Å². The second-order valence-electron chi connectivity index (χ2n) is 14.7. The number of hydrogen-bond acceptors (Lipinski definition) is 7. The van der Waals surface area contributed by atoms with Crippen LogP contribution in [0.15, 0.2) is 43.0 Å². The molecule has 7 atom stereocenters. The van der Waals surface area contributed by atoms with Gasteiger partial charge in [-0.15, -0.1) is 6.58 Å². The van der Waals surface area contributed by atoms with E-state index < -0.39 is 71.4 Å². The van der Waals surface area contributed by atoms with E-state index in [9.17, 15) is 33.9 Å². The SMILES string of the molecule is C=C[C@@H]1C[C@]1(NC(=O)[C@@H]1C[C@@H](OC(=O)N2CCC(c3ccccc3)C2)CN1C(=O)[C@@H](NC(=O)[C@@H](NC(C)=O)C1CCCCC1)C(C)C)C(=O)O. The number of nitrogens with one attached hydrogen (secondary N) is 3. The van der Waals surface area contributed by atoms with Crippen molar-refractivity contribution in [2.24, 2.45) is 17.8 Å². The number of ether oxygens (including phenoxy) is 1. The van der Waals surface area contributed by atoms with E-state index in [1.165, 1.54) is 17.9 Å². The number of aliphatic carboxylic acids is 1. The van der Waals surface area contributed by atoms with Crippen molar-refractivity contribution < 1.29 is 38.6 Å². The van der Waals surface area contributed by atoms with Crippen LogP contribution >= 0.6 is 0 Å². The lowest BCUT2D eigenvalue weighted by Crippen LogP contribution is -2.60. The number of rotatable bonds is 12. The van der Waals surface area contributed by atoms with Gasteiger partial charge in [0.15, 0.2) is 0 Å². The van der Waals surface area contributed by atoms with Crippen molar-refractivity contribution in [1.82, 2.24) is 25.8 Å². The first-order chi connectivity index (χ1) is 23.8. The Balaban J connectivity index is 1.33. The Morgan fingerprint density at radius 2 is 1.70 bits per heavy atom. The van der Waals surface area contributed by atoms with E-state index in [0.717, 1.165) is 44.1 Å². The van der Waals surface area contributed by atoms with Crippen LogP contribution in [0, 0.1) is 17.8 Å². The summed E-state index contributed by atoms with van der Waals surface area (Å²) in [5.41, 5.74) is -0.393. The molecule has 4 N–H and O–H groups in total. The van der Waals surface area contributed by atoms with Crippen LogP contribution in [-0.2, 0) is 28.7 Å². The molecular formula is C37H51N5O8. The number of likely N-dealkylation sites (tertiary alicyclic amines) is 2. The molecule has 1 aromatic rings. The molecule has 1 unspecified atom stereocenters. The highest BCUT2D eigenvalue weighted by Gasteiger charge is 2.61. The third-order valence-electron chi connectivity index (χ3n) is 10.9. The van der Waals surface area contributed by atoms with Crippen molar-refractivity contribution in [2.75, 3.05) is 19.6 Å². The molecule has 2 heterocycles. The van der Waals surface area contributed by atoms with Gasteiger partial charge >= 0.3 is 12.1 Å². The van der Waals surface area contributed by atoms with Crippen molar-refractivity contribution >= 4 is 35.7 Å². The molecule has 1 aromatic carbocycles. The van der Waals surface area contributed by atoms with E-state index in [2.05, 4.69) is 22.5 Å². The first-order valence-corrected chi connectivity index (χ1v) is 17.9. The van der Waals surface area contributed by atoms with Gasteiger partial charge in [-0.25, -0.2) is 9.59 Å². The Kier molecular flexibility index (Phi) is 11.5. The number of benzene rings is 1. The van der Waals surface area contributed by atoms with E-state index in [-0.39, 0.29) is 37.1 Å². The molecule has 2 saturated carbocycles. The average Bonchev–Trinajstić information content (AvgIpc) is 3.39. The molecule has 2 aliphatic heterocycles. The second kappa shape index (κ2) is 15.6. The molecule has 4 aliphatic rings. The van der Waals surface area contributed by atoms with Gasteiger partial charge in [0, 0.05) is 38.3 Å². The number of carboxylic acid groups (broad SMARTS) is 1. The summed E-state index contributed by atoms with van der Waals surface area (Å²) >= 11 is 0. The Labute approximate surface area is 293 Å². The standard InChI is InChI=1S/C37H51N5O8/c1-5-27-19-37(27,35(47)48)40-32(44)29-18-28(50-36(49)41-17-16-26(20-41)24-12-8-6-9-13-24)21-42(29)34(46)30(22(2)3)39-33(45)31(38-23(4)43)25-14-10-7-11-15-25/h5-6,8-9,12-13,22,25-31H,1,7,10-11,14-21H2,2-4H3,(H,38,43)(H,39,45)(H,40,44)(H,47,48)/t26?,27-,28-,29+,30+,31+,37-/m1/s1. The summed E-state index contributed by atoms with van der Waals surface area (Å²) in [6.45, 7) is 9.45. The third-order valence-corrected chi connectivity index (χ3v) is 10.9. The molecule has 2 saturated heterocycles. The molecule has 0 bridgehead atoms. The van der Waals surface area contributed by atoms with Crippen LogP contribution in [0.5, 0.6) is 0 Å². The zero-order valence-electron chi connectivity index (χ0n) is 29.3. The largest absolute Gasteiger partial charge is 0.479 e. The number of carbonyl (C=O) groups is 6. The van der Waals surface area contributed by atoms with Crippen LogP contribution in [0.2, 0.25) is 0 Å². The fraction of sp³-hybridized carbons (Fsp3) is 0.622. The van der Waals surface area contributed by atoms with Crippen molar-refractivity contribution in [1.29, 1.82) is 0 Å². The lowest BCUT2D eigenvalue weighted by atomic mass is 9.83. The lowest BCUT2D eigenvalue weighted by Gasteiger charge is -2.34. The van der Waals surface area contributed by atoms with Gasteiger partial charge in [0.1, 0.15) is 29.8 Å². The van der Waals surface area contributed by atoms with Crippen LogP contribution in [0.3, 0.4) is 0 Å². The predicted octanol–water partition coefficient (Wildman–Crippen LogP) is 2.95. The lowest BCUT2D eigenvalue weighted by molar-refractivity contribution is -0.146. The van der Waals surface area contributed by atoms with Crippen LogP contribution in [-0.4, -0.2) is 100 Å². The fourth-order valence-corrected chi connectivity index (χ4v) is 7.85. The topological polar surface area (TPSA) is 174 Å². The number of carbonyl (C=O) groups excluding carboxylic acids is 5. The highest BCUT2D eigenvalue weighted by molar-refractivity contribution is 5.97. The molecule has 4 fully saturated rings. The maximum Gasteiger partial charge on any atom is 0.410 e. The molecule has 0 spiro atoms. The minimum Gasteiger partial charge on any atom is -0.479 e. The molecule has 13 heteroatoms. The molecule has 5 amide bonds. The first-order valence-electron chi connectivity index (χ1n) is 17.9. The zero-order chi connectivity index (χ0) is 36.2. The highest BCUT2D eigenvalue weighted by Crippen LogP contribution is 2.45.